The Balaban J connectivity index is 1.81. The number of rotatable bonds is 1. The van der Waals surface area contributed by atoms with E-state index in [0.717, 1.165) is 31.4 Å². The zero-order chi connectivity index (χ0) is 15.3. The van der Waals surface area contributed by atoms with Crippen molar-refractivity contribution in [3.8, 4) is 0 Å². The highest BCUT2D eigenvalue weighted by molar-refractivity contribution is 5.88. The van der Waals surface area contributed by atoms with E-state index in [9.17, 15) is 9.59 Å². The van der Waals surface area contributed by atoms with Crippen molar-refractivity contribution in [3.05, 3.63) is 24.2 Å². The molecular weight excluding hydrogens is 278 g/mol. The van der Waals surface area contributed by atoms with Crippen LogP contribution in [0.15, 0.2) is 22.8 Å². The van der Waals surface area contributed by atoms with Gasteiger partial charge in [-0.15, -0.1) is 0 Å². The summed E-state index contributed by atoms with van der Waals surface area (Å²) in [6.45, 7) is 0. The average Bonchev–Trinajstić information content (AvgIpc) is 3.03. The lowest BCUT2D eigenvalue weighted by Crippen LogP contribution is -2.62. The fourth-order valence-corrected chi connectivity index (χ4v) is 5.19. The van der Waals surface area contributed by atoms with Gasteiger partial charge < -0.3 is 4.42 Å². The summed E-state index contributed by atoms with van der Waals surface area (Å²) in [6.07, 6.45) is 7.03. The first kappa shape index (κ1) is 14.2. The zero-order valence-electron chi connectivity index (χ0n) is 13.0. The van der Waals surface area contributed by atoms with E-state index in [0.29, 0.717) is 24.4 Å². The molecule has 4 nitrogen and oxygen atoms in total. The second-order valence-electron chi connectivity index (χ2n) is 7.11. The van der Waals surface area contributed by atoms with E-state index < -0.39 is 0 Å². The predicted molar refractivity (Wildman–Crippen MR) is 81.5 cm³/mol. The first-order valence-electron chi connectivity index (χ1n) is 8.49. The van der Waals surface area contributed by atoms with Gasteiger partial charge in [0.15, 0.2) is 0 Å². The Morgan fingerprint density at radius 3 is 2.09 bits per heavy atom. The summed E-state index contributed by atoms with van der Waals surface area (Å²) < 4.78 is 5.68. The standard InChI is InChI=1S/C18H23NO3/c1-19-11-5-2-7-13(20)16(11)18(15-9-4-10-22-15)17-12(19)6-3-8-14(17)21/h4,9-12,16-18H,2-3,5-8H2,1H3. The van der Waals surface area contributed by atoms with Gasteiger partial charge in [-0.25, -0.2) is 0 Å². The normalized spacial score (nSPS) is 39.4. The summed E-state index contributed by atoms with van der Waals surface area (Å²) in [4.78, 5) is 27.7. The van der Waals surface area contributed by atoms with Gasteiger partial charge in [0.2, 0.25) is 0 Å². The van der Waals surface area contributed by atoms with Crippen molar-refractivity contribution in [2.45, 2.75) is 56.5 Å². The smallest absolute Gasteiger partial charge is 0.138 e. The zero-order valence-corrected chi connectivity index (χ0v) is 13.0. The first-order valence-corrected chi connectivity index (χ1v) is 8.49. The minimum atomic E-state index is -0.0757. The lowest BCUT2D eigenvalue weighted by molar-refractivity contribution is -0.144. The molecule has 0 N–H and O–H groups in total. The van der Waals surface area contributed by atoms with Gasteiger partial charge in [0.25, 0.3) is 0 Å². The molecule has 22 heavy (non-hydrogen) atoms. The highest BCUT2D eigenvalue weighted by Gasteiger charge is 2.55. The third kappa shape index (κ3) is 2.00. The van der Waals surface area contributed by atoms with Gasteiger partial charge in [0.05, 0.1) is 6.26 Å². The molecule has 4 atom stereocenters. The molecule has 1 aromatic heterocycles. The molecule has 3 aliphatic rings. The topological polar surface area (TPSA) is 50.5 Å². The highest BCUT2D eigenvalue weighted by Crippen LogP contribution is 2.50. The maximum absolute atomic E-state index is 12.7. The molecule has 4 unspecified atom stereocenters. The molecule has 0 aromatic carbocycles. The maximum Gasteiger partial charge on any atom is 0.138 e. The van der Waals surface area contributed by atoms with Crippen molar-refractivity contribution in [3.63, 3.8) is 0 Å². The molecule has 3 fully saturated rings. The number of hydrogen-bond donors (Lipinski definition) is 0. The van der Waals surface area contributed by atoms with Crippen molar-refractivity contribution in [2.75, 3.05) is 7.05 Å². The lowest BCUT2D eigenvalue weighted by atomic mass is 9.60. The Bertz CT molecular complexity index is 545. The third-order valence-corrected chi connectivity index (χ3v) is 6.11. The Labute approximate surface area is 130 Å². The first-order chi connectivity index (χ1) is 10.7. The molecule has 0 spiro atoms. The number of Topliss-reactive ketones (excluding diaryl/α,β-unsaturated/α-hetero) is 2. The van der Waals surface area contributed by atoms with E-state index in [2.05, 4.69) is 11.9 Å². The number of fused-ring (bicyclic) bond motifs is 2. The van der Waals surface area contributed by atoms with Crippen LogP contribution in [0.3, 0.4) is 0 Å². The van der Waals surface area contributed by atoms with E-state index >= 15 is 0 Å². The fourth-order valence-electron chi connectivity index (χ4n) is 5.19. The Hall–Kier alpha value is -1.42. The van der Waals surface area contributed by atoms with Gasteiger partial charge in [-0.2, -0.15) is 0 Å². The summed E-state index contributed by atoms with van der Waals surface area (Å²) in [5.74, 6) is 1.27. The van der Waals surface area contributed by atoms with Crippen LogP contribution in [0.5, 0.6) is 0 Å². The molecule has 1 saturated heterocycles. The molecule has 4 rings (SSSR count). The maximum atomic E-state index is 12.7. The van der Waals surface area contributed by atoms with Gasteiger partial charge in [-0.3, -0.25) is 14.5 Å². The van der Waals surface area contributed by atoms with Crippen LogP contribution in [-0.2, 0) is 9.59 Å². The lowest BCUT2D eigenvalue weighted by Gasteiger charge is -2.54. The Morgan fingerprint density at radius 1 is 1.00 bits per heavy atom. The quantitative estimate of drug-likeness (QED) is 0.800. The number of carbonyl (C=O) groups is 2. The van der Waals surface area contributed by atoms with Crippen molar-refractivity contribution in [2.24, 2.45) is 11.8 Å². The number of likely N-dealkylation sites (tertiary alicyclic amines) is 1. The molecule has 0 radical (unpaired) electrons. The predicted octanol–water partition coefficient (Wildman–Crippen LogP) is 2.78. The van der Waals surface area contributed by atoms with E-state index in [1.807, 2.05) is 12.1 Å². The van der Waals surface area contributed by atoms with Crippen LogP contribution >= 0.6 is 0 Å². The number of ketones is 2. The number of hydrogen-bond acceptors (Lipinski definition) is 4. The molecule has 1 aliphatic heterocycles. The van der Waals surface area contributed by atoms with Crippen molar-refractivity contribution in [1.29, 1.82) is 0 Å². The van der Waals surface area contributed by atoms with E-state index in [-0.39, 0.29) is 29.8 Å². The molecule has 2 heterocycles. The molecule has 0 amide bonds. The fraction of sp³-hybridized carbons (Fsp3) is 0.667. The molecule has 2 saturated carbocycles. The Kier molecular flexibility index (Phi) is 3.44. The van der Waals surface area contributed by atoms with E-state index in [1.165, 1.54) is 0 Å². The van der Waals surface area contributed by atoms with Crippen LogP contribution in [0.4, 0.5) is 0 Å². The largest absolute Gasteiger partial charge is 0.469 e. The molecule has 4 heteroatoms. The second-order valence-corrected chi connectivity index (χ2v) is 7.11. The second kappa shape index (κ2) is 5.34. The van der Waals surface area contributed by atoms with Gasteiger partial charge >= 0.3 is 0 Å². The summed E-state index contributed by atoms with van der Waals surface area (Å²) in [5.41, 5.74) is 0. The van der Waals surface area contributed by atoms with Crippen LogP contribution in [0.1, 0.15) is 50.2 Å². The summed E-state index contributed by atoms with van der Waals surface area (Å²) >= 11 is 0. The van der Waals surface area contributed by atoms with Crippen molar-refractivity contribution < 1.29 is 14.0 Å². The van der Waals surface area contributed by atoms with Crippen LogP contribution in [-0.4, -0.2) is 35.6 Å². The van der Waals surface area contributed by atoms with Crippen LogP contribution in [0.25, 0.3) is 0 Å². The summed E-state index contributed by atoms with van der Waals surface area (Å²) in [6, 6.07) is 4.36. The molecule has 2 aliphatic carbocycles. The minimum absolute atomic E-state index is 0.0539. The van der Waals surface area contributed by atoms with Gasteiger partial charge in [0.1, 0.15) is 17.3 Å². The number of carbonyl (C=O) groups excluding carboxylic acids is 2. The monoisotopic (exact) mass is 301 g/mol. The SMILES string of the molecule is CN1C2CCCC(=O)C2C(c2ccco2)C2C(=O)CCCC21. The minimum Gasteiger partial charge on any atom is -0.469 e. The number of furan rings is 1. The highest BCUT2D eigenvalue weighted by atomic mass is 16.3. The van der Waals surface area contributed by atoms with Gasteiger partial charge in [0, 0.05) is 42.7 Å². The summed E-state index contributed by atoms with van der Waals surface area (Å²) in [7, 11) is 2.12. The summed E-state index contributed by atoms with van der Waals surface area (Å²) in [5, 5.41) is 0. The van der Waals surface area contributed by atoms with Gasteiger partial charge in [-0.05, 0) is 44.9 Å². The van der Waals surface area contributed by atoms with Gasteiger partial charge in [-0.1, -0.05) is 0 Å². The van der Waals surface area contributed by atoms with Crippen LogP contribution in [0.2, 0.25) is 0 Å². The number of nitrogens with zero attached hydrogens (tertiary/aromatic N) is 1. The average molecular weight is 301 g/mol. The van der Waals surface area contributed by atoms with Crippen molar-refractivity contribution in [1.82, 2.24) is 4.90 Å². The van der Waals surface area contributed by atoms with Crippen molar-refractivity contribution >= 4 is 11.6 Å². The van der Waals surface area contributed by atoms with E-state index in [1.54, 1.807) is 6.26 Å². The van der Waals surface area contributed by atoms with Crippen LogP contribution < -0.4 is 0 Å². The van der Waals surface area contributed by atoms with Crippen LogP contribution in [0, 0.1) is 11.8 Å². The third-order valence-electron chi connectivity index (χ3n) is 6.11. The number of piperidine rings is 1. The Morgan fingerprint density at radius 2 is 1.59 bits per heavy atom. The molecule has 1 aromatic rings. The molecule has 118 valence electrons. The molecule has 0 bridgehead atoms. The van der Waals surface area contributed by atoms with E-state index in [4.69, 9.17) is 4.42 Å². The molecular formula is C18H23NO3.